The second kappa shape index (κ2) is 6.39. The number of hydrogen-bond acceptors (Lipinski definition) is 2. The summed E-state index contributed by atoms with van der Waals surface area (Å²) in [5.41, 5.74) is -0.124. The van der Waals surface area contributed by atoms with Crippen molar-refractivity contribution in [1.82, 2.24) is 5.32 Å². The number of hydrogen-bond donors (Lipinski definition) is 1. The van der Waals surface area contributed by atoms with E-state index in [-0.39, 0.29) is 5.41 Å². The van der Waals surface area contributed by atoms with Gasteiger partial charge in [0.25, 0.3) is 0 Å². The lowest BCUT2D eigenvalue weighted by atomic mass is 9.71. The van der Waals surface area contributed by atoms with Gasteiger partial charge in [-0.15, -0.1) is 0 Å². The van der Waals surface area contributed by atoms with Gasteiger partial charge in [-0.3, -0.25) is 4.79 Å². The number of carbonyl (C=O) groups is 1. The second-order valence-corrected chi connectivity index (χ2v) is 5.65. The minimum atomic E-state index is -0.124. The van der Waals surface area contributed by atoms with Gasteiger partial charge in [0.15, 0.2) is 0 Å². The molecule has 0 spiro atoms. The summed E-state index contributed by atoms with van der Waals surface area (Å²) in [5, 5.41) is 3.41. The molecule has 2 nitrogen and oxygen atoms in total. The van der Waals surface area contributed by atoms with E-state index in [1.807, 2.05) is 0 Å². The van der Waals surface area contributed by atoms with Crippen LogP contribution in [0.25, 0.3) is 0 Å². The maximum atomic E-state index is 12.2. The molecule has 1 atom stereocenters. The third-order valence-electron chi connectivity index (χ3n) is 4.04. The van der Waals surface area contributed by atoms with Crippen LogP contribution in [0, 0.1) is 11.3 Å². The van der Waals surface area contributed by atoms with Crippen molar-refractivity contribution in [1.29, 1.82) is 0 Å². The van der Waals surface area contributed by atoms with Crippen molar-refractivity contribution in [2.24, 2.45) is 11.3 Å². The minimum absolute atomic E-state index is 0.124. The molecule has 1 heterocycles. The Morgan fingerprint density at radius 3 is 2.69 bits per heavy atom. The van der Waals surface area contributed by atoms with Crippen molar-refractivity contribution >= 4 is 5.78 Å². The Labute approximate surface area is 100 Å². The van der Waals surface area contributed by atoms with E-state index in [2.05, 4.69) is 26.1 Å². The number of ketones is 1. The summed E-state index contributed by atoms with van der Waals surface area (Å²) in [7, 11) is 0. The standard InChI is InChI=1S/C14H27NO/c1-4-5-6-9-13(16)14(2,3)12-8-7-10-15-11-12/h12,15H,4-11H2,1-3H3. The van der Waals surface area contributed by atoms with Gasteiger partial charge in [-0.05, 0) is 38.3 Å². The molecule has 1 aliphatic rings. The Hall–Kier alpha value is -0.370. The van der Waals surface area contributed by atoms with Crippen molar-refractivity contribution in [2.45, 2.75) is 59.3 Å². The van der Waals surface area contributed by atoms with E-state index in [1.54, 1.807) is 0 Å². The van der Waals surface area contributed by atoms with Gasteiger partial charge < -0.3 is 5.32 Å². The Morgan fingerprint density at radius 2 is 2.12 bits per heavy atom. The smallest absolute Gasteiger partial charge is 0.138 e. The van der Waals surface area contributed by atoms with E-state index in [4.69, 9.17) is 0 Å². The SMILES string of the molecule is CCCCCC(=O)C(C)(C)C1CCCNC1. The first-order valence-electron chi connectivity index (χ1n) is 6.83. The first kappa shape index (κ1) is 13.7. The van der Waals surface area contributed by atoms with Crippen LogP contribution in [0.3, 0.4) is 0 Å². The first-order chi connectivity index (χ1) is 7.59. The molecule has 0 bridgehead atoms. The maximum Gasteiger partial charge on any atom is 0.138 e. The van der Waals surface area contributed by atoms with Crippen LogP contribution in [-0.2, 0) is 4.79 Å². The quantitative estimate of drug-likeness (QED) is 0.704. The Bertz CT molecular complexity index is 217. The minimum Gasteiger partial charge on any atom is -0.316 e. The van der Waals surface area contributed by atoms with Gasteiger partial charge in [-0.25, -0.2) is 0 Å². The highest BCUT2D eigenvalue weighted by Crippen LogP contribution is 2.34. The van der Waals surface area contributed by atoms with Crippen LogP contribution in [0.15, 0.2) is 0 Å². The van der Waals surface area contributed by atoms with Crippen molar-refractivity contribution in [2.75, 3.05) is 13.1 Å². The van der Waals surface area contributed by atoms with Crippen molar-refractivity contribution < 1.29 is 4.79 Å². The number of rotatable bonds is 6. The number of carbonyl (C=O) groups excluding carboxylic acids is 1. The molecule has 1 aliphatic heterocycles. The summed E-state index contributed by atoms with van der Waals surface area (Å²) in [4.78, 5) is 12.2. The van der Waals surface area contributed by atoms with Gasteiger partial charge in [0, 0.05) is 11.8 Å². The lowest BCUT2D eigenvalue weighted by Crippen LogP contribution is -2.42. The number of piperidine rings is 1. The van der Waals surface area contributed by atoms with Gasteiger partial charge in [-0.2, -0.15) is 0 Å². The molecule has 0 amide bonds. The molecule has 16 heavy (non-hydrogen) atoms. The highest BCUT2D eigenvalue weighted by Gasteiger charge is 2.36. The summed E-state index contributed by atoms with van der Waals surface area (Å²) in [6.45, 7) is 8.60. The molecule has 1 rings (SSSR count). The van der Waals surface area contributed by atoms with Gasteiger partial charge in [-0.1, -0.05) is 33.6 Å². The largest absolute Gasteiger partial charge is 0.316 e. The fourth-order valence-corrected chi connectivity index (χ4v) is 2.55. The lowest BCUT2D eigenvalue weighted by Gasteiger charge is -2.36. The first-order valence-corrected chi connectivity index (χ1v) is 6.83. The van der Waals surface area contributed by atoms with Crippen LogP contribution < -0.4 is 5.32 Å². The zero-order chi connectivity index (χ0) is 12.0. The van der Waals surface area contributed by atoms with E-state index >= 15 is 0 Å². The Balaban J connectivity index is 2.43. The Morgan fingerprint density at radius 1 is 1.38 bits per heavy atom. The average Bonchev–Trinajstić information content (AvgIpc) is 2.30. The van der Waals surface area contributed by atoms with Crippen molar-refractivity contribution in [3.8, 4) is 0 Å². The predicted octanol–water partition coefficient (Wildman–Crippen LogP) is 3.16. The van der Waals surface area contributed by atoms with Crippen molar-refractivity contribution in [3.05, 3.63) is 0 Å². The van der Waals surface area contributed by atoms with Gasteiger partial charge in [0.05, 0.1) is 0 Å². The molecule has 1 unspecified atom stereocenters. The van der Waals surface area contributed by atoms with Crippen LogP contribution in [0.1, 0.15) is 59.3 Å². The summed E-state index contributed by atoms with van der Waals surface area (Å²) in [5.74, 6) is 1.00. The molecule has 0 aromatic carbocycles. The normalized spacial score (nSPS) is 22.1. The van der Waals surface area contributed by atoms with Crippen molar-refractivity contribution in [3.63, 3.8) is 0 Å². The molecule has 2 heteroatoms. The molecule has 1 saturated heterocycles. The van der Waals surface area contributed by atoms with Crippen LogP contribution in [0.2, 0.25) is 0 Å². The van der Waals surface area contributed by atoms with Crippen LogP contribution in [0.5, 0.6) is 0 Å². The summed E-state index contributed by atoms with van der Waals surface area (Å²) < 4.78 is 0. The highest BCUT2D eigenvalue weighted by molar-refractivity contribution is 5.84. The molecule has 0 saturated carbocycles. The van der Waals surface area contributed by atoms with E-state index < -0.39 is 0 Å². The van der Waals surface area contributed by atoms with Crippen LogP contribution in [-0.4, -0.2) is 18.9 Å². The highest BCUT2D eigenvalue weighted by atomic mass is 16.1. The van der Waals surface area contributed by atoms with E-state index in [1.165, 1.54) is 25.7 Å². The zero-order valence-corrected chi connectivity index (χ0v) is 11.1. The topological polar surface area (TPSA) is 29.1 Å². The van der Waals surface area contributed by atoms with E-state index in [0.717, 1.165) is 25.9 Å². The predicted molar refractivity (Wildman–Crippen MR) is 68.5 cm³/mol. The molecular weight excluding hydrogens is 198 g/mol. The molecule has 1 N–H and O–H groups in total. The molecule has 0 aromatic heterocycles. The van der Waals surface area contributed by atoms with Crippen LogP contribution >= 0.6 is 0 Å². The lowest BCUT2D eigenvalue weighted by molar-refractivity contribution is -0.130. The van der Waals surface area contributed by atoms with Gasteiger partial charge >= 0.3 is 0 Å². The van der Waals surface area contributed by atoms with Gasteiger partial charge in [0.2, 0.25) is 0 Å². The third-order valence-corrected chi connectivity index (χ3v) is 4.04. The average molecular weight is 225 g/mol. The van der Waals surface area contributed by atoms with Crippen LogP contribution in [0.4, 0.5) is 0 Å². The Kier molecular flexibility index (Phi) is 5.47. The van der Waals surface area contributed by atoms with E-state index in [9.17, 15) is 4.79 Å². The number of nitrogens with one attached hydrogen (secondary N) is 1. The molecule has 94 valence electrons. The molecule has 0 aliphatic carbocycles. The second-order valence-electron chi connectivity index (χ2n) is 5.65. The number of unbranched alkanes of at least 4 members (excludes halogenated alkanes) is 2. The molecule has 1 fully saturated rings. The maximum absolute atomic E-state index is 12.2. The number of Topliss-reactive ketones (excluding diaryl/α,β-unsaturated/α-hetero) is 1. The summed E-state index contributed by atoms with van der Waals surface area (Å²) in [6.07, 6.45) is 6.65. The summed E-state index contributed by atoms with van der Waals surface area (Å²) >= 11 is 0. The fraction of sp³-hybridized carbons (Fsp3) is 0.929. The zero-order valence-electron chi connectivity index (χ0n) is 11.1. The molecule has 0 aromatic rings. The third kappa shape index (κ3) is 3.58. The molecular formula is C14H27NO. The van der Waals surface area contributed by atoms with E-state index in [0.29, 0.717) is 11.7 Å². The molecule has 0 radical (unpaired) electrons. The monoisotopic (exact) mass is 225 g/mol. The summed E-state index contributed by atoms with van der Waals surface area (Å²) in [6, 6.07) is 0. The fourth-order valence-electron chi connectivity index (χ4n) is 2.55. The van der Waals surface area contributed by atoms with Gasteiger partial charge in [0.1, 0.15) is 5.78 Å².